The van der Waals surface area contributed by atoms with Crippen molar-refractivity contribution in [1.82, 2.24) is 0 Å². The number of hydrogen-bond acceptors (Lipinski definition) is 1. The van der Waals surface area contributed by atoms with Crippen LogP contribution in [0.3, 0.4) is 0 Å². The van der Waals surface area contributed by atoms with E-state index >= 15 is 0 Å². The predicted molar refractivity (Wildman–Crippen MR) is 64.3 cm³/mol. The molecule has 0 fully saturated rings. The Kier molecular flexibility index (Phi) is 2.58. The van der Waals surface area contributed by atoms with E-state index in [9.17, 15) is 4.79 Å². The lowest BCUT2D eigenvalue weighted by Gasteiger charge is -2.33. The number of carboxylic acids is 1. The summed E-state index contributed by atoms with van der Waals surface area (Å²) in [6, 6.07) is 8.11. The van der Waals surface area contributed by atoms with Crippen molar-refractivity contribution < 1.29 is 9.90 Å². The number of benzene rings is 1. The first-order chi connectivity index (χ1) is 7.50. The van der Waals surface area contributed by atoms with Gasteiger partial charge >= 0.3 is 5.97 Å². The Hall–Kier alpha value is -1.57. The third-order valence-corrected chi connectivity index (χ3v) is 3.32. The zero-order valence-electron chi connectivity index (χ0n) is 9.66. The fourth-order valence-electron chi connectivity index (χ4n) is 2.37. The molecule has 0 aliphatic heterocycles. The van der Waals surface area contributed by atoms with Gasteiger partial charge in [-0.25, -0.2) is 4.79 Å². The number of hydrogen-bond donors (Lipinski definition) is 1. The highest BCUT2D eigenvalue weighted by Gasteiger charge is 2.29. The molecule has 2 nitrogen and oxygen atoms in total. The third-order valence-electron chi connectivity index (χ3n) is 3.32. The van der Waals surface area contributed by atoms with Gasteiger partial charge in [0.2, 0.25) is 0 Å². The molecular formula is C14H16O2. The minimum Gasteiger partial charge on any atom is -0.478 e. The summed E-state index contributed by atoms with van der Waals surface area (Å²) >= 11 is 0. The van der Waals surface area contributed by atoms with E-state index in [0.29, 0.717) is 0 Å². The standard InChI is InChI=1S/C14H16O2/c1-14(2)8-7-10(9-13(15)16)11-5-3-4-6-12(11)14/h3-6,9H,7-8H2,1-2H3,(H,15,16)/b10-9+. The quantitative estimate of drug-likeness (QED) is 0.732. The second-order valence-electron chi connectivity index (χ2n) is 4.94. The molecule has 1 aromatic rings. The first-order valence-corrected chi connectivity index (χ1v) is 5.54. The minimum absolute atomic E-state index is 0.145. The average molecular weight is 216 g/mol. The minimum atomic E-state index is -0.857. The van der Waals surface area contributed by atoms with Gasteiger partial charge in [-0.15, -0.1) is 0 Å². The Bertz CT molecular complexity index is 456. The molecule has 1 N–H and O–H groups in total. The number of aliphatic carboxylic acids is 1. The lowest BCUT2D eigenvalue weighted by molar-refractivity contribution is -0.131. The van der Waals surface area contributed by atoms with Crippen LogP contribution in [0.1, 0.15) is 37.8 Å². The number of carboxylic acid groups (broad SMARTS) is 1. The van der Waals surface area contributed by atoms with Crippen molar-refractivity contribution in [3.8, 4) is 0 Å². The van der Waals surface area contributed by atoms with Crippen molar-refractivity contribution >= 4 is 11.5 Å². The summed E-state index contributed by atoms with van der Waals surface area (Å²) in [4.78, 5) is 10.8. The van der Waals surface area contributed by atoms with Crippen molar-refractivity contribution in [2.24, 2.45) is 0 Å². The lowest BCUT2D eigenvalue weighted by Crippen LogP contribution is -2.23. The van der Waals surface area contributed by atoms with Gasteiger partial charge in [0.1, 0.15) is 0 Å². The first kappa shape index (κ1) is 10.9. The molecule has 84 valence electrons. The molecule has 0 heterocycles. The van der Waals surface area contributed by atoms with Crippen LogP contribution in [-0.2, 0) is 10.2 Å². The van der Waals surface area contributed by atoms with E-state index < -0.39 is 5.97 Å². The van der Waals surface area contributed by atoms with E-state index in [0.717, 1.165) is 24.0 Å². The van der Waals surface area contributed by atoms with Gasteiger partial charge in [-0.1, -0.05) is 38.1 Å². The summed E-state index contributed by atoms with van der Waals surface area (Å²) in [5.74, 6) is -0.857. The smallest absolute Gasteiger partial charge is 0.328 e. The predicted octanol–water partition coefficient (Wildman–Crippen LogP) is 3.23. The van der Waals surface area contributed by atoms with Crippen LogP contribution in [0.15, 0.2) is 30.3 Å². The van der Waals surface area contributed by atoms with Crippen molar-refractivity contribution in [1.29, 1.82) is 0 Å². The molecule has 0 spiro atoms. The largest absolute Gasteiger partial charge is 0.478 e. The molecule has 0 atom stereocenters. The zero-order valence-corrected chi connectivity index (χ0v) is 9.66. The fraction of sp³-hybridized carbons (Fsp3) is 0.357. The molecule has 1 aliphatic carbocycles. The first-order valence-electron chi connectivity index (χ1n) is 5.54. The molecule has 0 radical (unpaired) electrons. The highest BCUT2D eigenvalue weighted by atomic mass is 16.4. The van der Waals surface area contributed by atoms with Gasteiger partial charge in [-0.2, -0.15) is 0 Å². The van der Waals surface area contributed by atoms with Crippen molar-refractivity contribution in [2.75, 3.05) is 0 Å². The van der Waals surface area contributed by atoms with Crippen molar-refractivity contribution in [3.05, 3.63) is 41.5 Å². The molecule has 0 amide bonds. The highest BCUT2D eigenvalue weighted by molar-refractivity contribution is 5.91. The number of rotatable bonds is 1. The highest BCUT2D eigenvalue weighted by Crippen LogP contribution is 2.41. The molecule has 0 saturated heterocycles. The van der Waals surface area contributed by atoms with Crippen LogP contribution in [0.4, 0.5) is 0 Å². The van der Waals surface area contributed by atoms with E-state index in [1.165, 1.54) is 11.6 Å². The van der Waals surface area contributed by atoms with E-state index in [4.69, 9.17) is 5.11 Å². The maximum atomic E-state index is 10.8. The maximum Gasteiger partial charge on any atom is 0.328 e. The van der Waals surface area contributed by atoms with Gasteiger partial charge in [0, 0.05) is 6.08 Å². The van der Waals surface area contributed by atoms with Gasteiger partial charge in [0.15, 0.2) is 0 Å². The maximum absolute atomic E-state index is 10.8. The summed E-state index contributed by atoms with van der Waals surface area (Å²) < 4.78 is 0. The lowest BCUT2D eigenvalue weighted by atomic mass is 9.71. The van der Waals surface area contributed by atoms with Crippen LogP contribution in [0.25, 0.3) is 5.57 Å². The Morgan fingerprint density at radius 3 is 2.75 bits per heavy atom. The van der Waals surface area contributed by atoms with Crippen molar-refractivity contribution in [3.63, 3.8) is 0 Å². The summed E-state index contributed by atoms with van der Waals surface area (Å²) in [7, 11) is 0. The topological polar surface area (TPSA) is 37.3 Å². The van der Waals surface area contributed by atoms with Crippen molar-refractivity contribution in [2.45, 2.75) is 32.1 Å². The van der Waals surface area contributed by atoms with Gasteiger partial charge in [0.25, 0.3) is 0 Å². The normalized spacial score (nSPS) is 20.5. The fourth-order valence-corrected chi connectivity index (χ4v) is 2.37. The van der Waals surface area contributed by atoms with Crippen LogP contribution in [0.2, 0.25) is 0 Å². The Morgan fingerprint density at radius 2 is 2.06 bits per heavy atom. The summed E-state index contributed by atoms with van der Waals surface area (Å²) in [6.45, 7) is 4.42. The van der Waals surface area contributed by atoms with Gasteiger partial charge in [0.05, 0.1) is 0 Å². The Balaban J connectivity index is 2.56. The molecule has 1 aliphatic rings. The molecule has 0 bridgehead atoms. The molecule has 0 saturated carbocycles. The third kappa shape index (κ3) is 1.87. The second kappa shape index (κ2) is 3.78. The number of carbonyl (C=O) groups is 1. The molecule has 1 aromatic carbocycles. The number of fused-ring (bicyclic) bond motifs is 1. The van der Waals surface area contributed by atoms with Crippen LogP contribution in [-0.4, -0.2) is 11.1 Å². The summed E-state index contributed by atoms with van der Waals surface area (Å²) in [5, 5.41) is 8.85. The SMILES string of the molecule is CC1(C)CC/C(=C\C(=O)O)c2ccccc21. The molecule has 2 heteroatoms. The zero-order chi connectivity index (χ0) is 11.8. The molecular weight excluding hydrogens is 200 g/mol. The molecule has 2 rings (SSSR count). The van der Waals surface area contributed by atoms with Crippen LogP contribution in [0.5, 0.6) is 0 Å². The Labute approximate surface area is 95.6 Å². The van der Waals surface area contributed by atoms with E-state index in [1.54, 1.807) is 0 Å². The van der Waals surface area contributed by atoms with Crippen LogP contribution in [0, 0.1) is 0 Å². The molecule has 16 heavy (non-hydrogen) atoms. The second-order valence-corrected chi connectivity index (χ2v) is 4.94. The van der Waals surface area contributed by atoms with E-state index in [1.807, 2.05) is 18.2 Å². The van der Waals surface area contributed by atoms with E-state index in [2.05, 4.69) is 19.9 Å². The monoisotopic (exact) mass is 216 g/mol. The molecule has 0 aromatic heterocycles. The summed E-state index contributed by atoms with van der Waals surface area (Å²) in [5.41, 5.74) is 3.45. The van der Waals surface area contributed by atoms with Gasteiger partial charge < -0.3 is 5.11 Å². The summed E-state index contributed by atoms with van der Waals surface area (Å²) in [6.07, 6.45) is 3.19. The van der Waals surface area contributed by atoms with E-state index in [-0.39, 0.29) is 5.41 Å². The Morgan fingerprint density at radius 1 is 1.38 bits per heavy atom. The van der Waals surface area contributed by atoms with Crippen LogP contribution < -0.4 is 0 Å². The van der Waals surface area contributed by atoms with Gasteiger partial charge in [-0.05, 0) is 35.0 Å². The van der Waals surface area contributed by atoms with Crippen LogP contribution >= 0.6 is 0 Å². The van der Waals surface area contributed by atoms with Gasteiger partial charge in [-0.3, -0.25) is 0 Å². The number of allylic oxidation sites excluding steroid dienone is 1. The molecule has 0 unspecified atom stereocenters. The average Bonchev–Trinajstić information content (AvgIpc) is 2.23.